The van der Waals surface area contributed by atoms with E-state index in [4.69, 9.17) is 4.74 Å². The molecule has 3 aromatic rings. The average Bonchev–Trinajstić information content (AvgIpc) is 3.40. The van der Waals surface area contributed by atoms with E-state index in [9.17, 15) is 22.8 Å². The van der Waals surface area contributed by atoms with Gasteiger partial charge >= 0.3 is 6.18 Å². The molecule has 1 saturated heterocycles. The molecule has 1 atom stereocenters. The van der Waals surface area contributed by atoms with Crippen molar-refractivity contribution in [3.63, 3.8) is 0 Å². The fourth-order valence-corrected chi connectivity index (χ4v) is 3.54. The van der Waals surface area contributed by atoms with Crippen LogP contribution in [0.25, 0.3) is 16.9 Å². The van der Waals surface area contributed by atoms with Crippen LogP contribution in [0, 0.1) is 5.92 Å². The Bertz CT molecular complexity index is 1150. The molecule has 2 heterocycles. The number of carbonyl (C=O) groups excluding carboxylic acids is 2. The standard InChI is InChI=1S/C23H21F3N4O3/c24-23(25,26)14-33-13-15-5-4-6-16(9-15)19-11-20(28-22(32)17-10-21(31)27-12-17)29-30(19)18-7-2-1-3-8-18/h1-9,11,17H,10,12-14H2,(H,27,31)(H,28,29,32)/t17-/m0/s1. The first kappa shape index (κ1) is 22.5. The molecule has 4 rings (SSSR count). The summed E-state index contributed by atoms with van der Waals surface area (Å²) in [7, 11) is 0. The van der Waals surface area contributed by atoms with Crippen LogP contribution in [0.1, 0.15) is 12.0 Å². The van der Waals surface area contributed by atoms with Crippen molar-refractivity contribution in [2.45, 2.75) is 19.2 Å². The number of para-hydroxylation sites is 1. The van der Waals surface area contributed by atoms with Gasteiger partial charge in [-0.05, 0) is 23.8 Å². The van der Waals surface area contributed by atoms with Crippen LogP contribution >= 0.6 is 0 Å². The average molecular weight is 458 g/mol. The Kier molecular flexibility index (Phi) is 6.45. The molecule has 1 aliphatic heterocycles. The summed E-state index contributed by atoms with van der Waals surface area (Å²) in [6, 6.07) is 17.8. The smallest absolute Gasteiger partial charge is 0.367 e. The van der Waals surface area contributed by atoms with Crippen molar-refractivity contribution in [1.82, 2.24) is 15.1 Å². The molecule has 33 heavy (non-hydrogen) atoms. The van der Waals surface area contributed by atoms with Crippen LogP contribution in [-0.2, 0) is 20.9 Å². The van der Waals surface area contributed by atoms with E-state index in [1.807, 2.05) is 30.3 Å². The summed E-state index contributed by atoms with van der Waals surface area (Å²) in [5, 5.41) is 9.90. The second-order valence-corrected chi connectivity index (χ2v) is 7.66. The topological polar surface area (TPSA) is 85.2 Å². The number of alkyl halides is 3. The molecule has 2 aromatic carbocycles. The minimum atomic E-state index is -4.39. The molecule has 0 bridgehead atoms. The van der Waals surface area contributed by atoms with Crippen LogP contribution in [0.15, 0.2) is 60.7 Å². The van der Waals surface area contributed by atoms with Gasteiger partial charge in [-0.1, -0.05) is 36.4 Å². The van der Waals surface area contributed by atoms with E-state index in [1.165, 1.54) is 0 Å². The normalized spacial score (nSPS) is 16.0. The Labute approximate surface area is 187 Å². The number of ether oxygens (including phenoxy) is 1. The summed E-state index contributed by atoms with van der Waals surface area (Å²) in [6.45, 7) is -1.25. The zero-order chi connectivity index (χ0) is 23.4. The van der Waals surface area contributed by atoms with Gasteiger partial charge in [0.15, 0.2) is 5.82 Å². The number of carbonyl (C=O) groups is 2. The van der Waals surface area contributed by atoms with Gasteiger partial charge < -0.3 is 15.4 Å². The van der Waals surface area contributed by atoms with Gasteiger partial charge in [0.25, 0.3) is 0 Å². The van der Waals surface area contributed by atoms with Crippen LogP contribution in [0.4, 0.5) is 19.0 Å². The van der Waals surface area contributed by atoms with E-state index in [2.05, 4.69) is 15.7 Å². The number of halogens is 3. The van der Waals surface area contributed by atoms with Gasteiger partial charge in [0.05, 0.1) is 23.9 Å². The van der Waals surface area contributed by atoms with Crippen LogP contribution in [-0.4, -0.2) is 40.9 Å². The number of nitrogens with one attached hydrogen (secondary N) is 2. The number of rotatable bonds is 7. The zero-order valence-electron chi connectivity index (χ0n) is 17.4. The maximum absolute atomic E-state index is 12.5. The molecule has 2 N–H and O–H groups in total. The molecule has 7 nitrogen and oxygen atoms in total. The highest BCUT2D eigenvalue weighted by Crippen LogP contribution is 2.28. The summed E-state index contributed by atoms with van der Waals surface area (Å²) in [6.07, 6.45) is -4.27. The van der Waals surface area contributed by atoms with E-state index in [0.717, 1.165) is 5.69 Å². The Morgan fingerprint density at radius 3 is 2.64 bits per heavy atom. The molecule has 172 valence electrons. The van der Waals surface area contributed by atoms with E-state index in [1.54, 1.807) is 35.0 Å². The van der Waals surface area contributed by atoms with Gasteiger partial charge in [-0.3, -0.25) is 9.59 Å². The summed E-state index contributed by atoms with van der Waals surface area (Å²) in [4.78, 5) is 24.0. The van der Waals surface area contributed by atoms with Crippen LogP contribution in [0.2, 0.25) is 0 Å². The van der Waals surface area contributed by atoms with Gasteiger partial charge in [0.1, 0.15) is 6.61 Å². The third-order valence-electron chi connectivity index (χ3n) is 5.07. The third kappa shape index (κ3) is 5.78. The van der Waals surface area contributed by atoms with Crippen molar-refractivity contribution in [3.8, 4) is 16.9 Å². The third-order valence-corrected chi connectivity index (χ3v) is 5.07. The molecule has 0 unspecified atom stereocenters. The molecular formula is C23H21F3N4O3. The van der Waals surface area contributed by atoms with Crippen molar-refractivity contribution in [2.24, 2.45) is 5.92 Å². The number of benzene rings is 2. The number of anilines is 1. The van der Waals surface area contributed by atoms with Crippen molar-refractivity contribution >= 4 is 17.6 Å². The largest absolute Gasteiger partial charge is 0.411 e. The summed E-state index contributed by atoms with van der Waals surface area (Å²) < 4.78 is 43.6. The molecule has 10 heteroatoms. The highest BCUT2D eigenvalue weighted by Gasteiger charge is 2.29. The SMILES string of the molecule is O=C1C[C@H](C(=O)Nc2cc(-c3cccc(COCC(F)(F)F)c3)n(-c3ccccc3)n2)CN1. The second-order valence-electron chi connectivity index (χ2n) is 7.66. The minimum absolute atomic E-state index is 0.123. The number of amides is 2. The predicted octanol–water partition coefficient (Wildman–Crippen LogP) is 3.69. The Balaban J connectivity index is 1.61. The molecule has 0 saturated carbocycles. The Morgan fingerprint density at radius 1 is 1.15 bits per heavy atom. The summed E-state index contributed by atoms with van der Waals surface area (Å²) >= 11 is 0. The van der Waals surface area contributed by atoms with Gasteiger partial charge in [0, 0.05) is 24.6 Å². The van der Waals surface area contributed by atoms with Crippen LogP contribution < -0.4 is 10.6 Å². The lowest BCUT2D eigenvalue weighted by Crippen LogP contribution is -2.24. The number of hydrogen-bond acceptors (Lipinski definition) is 4. The zero-order valence-corrected chi connectivity index (χ0v) is 17.4. The molecule has 0 radical (unpaired) electrons. The monoisotopic (exact) mass is 458 g/mol. The lowest BCUT2D eigenvalue weighted by molar-refractivity contribution is -0.176. The fourth-order valence-electron chi connectivity index (χ4n) is 3.54. The van der Waals surface area contributed by atoms with Crippen molar-refractivity contribution in [2.75, 3.05) is 18.5 Å². The number of nitrogens with zero attached hydrogens (tertiary/aromatic N) is 2. The summed E-state index contributed by atoms with van der Waals surface area (Å²) in [5.74, 6) is -0.656. The lowest BCUT2D eigenvalue weighted by atomic mass is 10.1. The maximum atomic E-state index is 12.5. The van der Waals surface area contributed by atoms with Gasteiger partial charge in [0.2, 0.25) is 11.8 Å². The van der Waals surface area contributed by atoms with Crippen molar-refractivity contribution in [1.29, 1.82) is 0 Å². The first-order valence-corrected chi connectivity index (χ1v) is 10.3. The minimum Gasteiger partial charge on any atom is -0.367 e. The maximum Gasteiger partial charge on any atom is 0.411 e. The van der Waals surface area contributed by atoms with Crippen LogP contribution in [0.3, 0.4) is 0 Å². The van der Waals surface area contributed by atoms with E-state index in [-0.39, 0.29) is 31.4 Å². The van der Waals surface area contributed by atoms with E-state index < -0.39 is 18.7 Å². The van der Waals surface area contributed by atoms with E-state index >= 15 is 0 Å². The highest BCUT2D eigenvalue weighted by molar-refractivity contribution is 5.97. The molecule has 1 aliphatic rings. The lowest BCUT2D eigenvalue weighted by Gasteiger charge is -2.10. The van der Waals surface area contributed by atoms with Gasteiger partial charge in [-0.15, -0.1) is 5.10 Å². The van der Waals surface area contributed by atoms with Gasteiger partial charge in [-0.25, -0.2) is 4.68 Å². The molecule has 2 amide bonds. The highest BCUT2D eigenvalue weighted by atomic mass is 19.4. The quantitative estimate of drug-likeness (QED) is 0.566. The number of aromatic nitrogens is 2. The Hall–Kier alpha value is -3.66. The molecule has 0 spiro atoms. The second kappa shape index (κ2) is 9.45. The first-order chi connectivity index (χ1) is 15.8. The van der Waals surface area contributed by atoms with Crippen molar-refractivity contribution < 1.29 is 27.5 Å². The van der Waals surface area contributed by atoms with Crippen LogP contribution in [0.5, 0.6) is 0 Å². The summed E-state index contributed by atoms with van der Waals surface area (Å²) in [5.41, 5.74) is 2.63. The number of hydrogen-bond donors (Lipinski definition) is 2. The van der Waals surface area contributed by atoms with E-state index in [0.29, 0.717) is 22.6 Å². The van der Waals surface area contributed by atoms with Crippen molar-refractivity contribution in [3.05, 3.63) is 66.2 Å². The molecule has 0 aliphatic carbocycles. The molecule has 1 aromatic heterocycles. The molecular weight excluding hydrogens is 437 g/mol. The first-order valence-electron chi connectivity index (χ1n) is 10.3. The van der Waals surface area contributed by atoms with Gasteiger partial charge in [-0.2, -0.15) is 13.2 Å². The predicted molar refractivity (Wildman–Crippen MR) is 114 cm³/mol. The fraction of sp³-hybridized carbons (Fsp3) is 0.261. The molecule has 1 fully saturated rings. The Morgan fingerprint density at radius 2 is 1.94 bits per heavy atom.